The molecule has 0 radical (unpaired) electrons. The number of allylic oxidation sites excluding steroid dienone is 2. The summed E-state index contributed by atoms with van der Waals surface area (Å²) < 4.78 is 77.4. The van der Waals surface area contributed by atoms with Crippen LogP contribution in [0.1, 0.15) is 96.0 Å². The molecule has 1 aliphatic heterocycles. The molecule has 0 N–H and O–H groups in total. The van der Waals surface area contributed by atoms with Crippen molar-refractivity contribution in [1.29, 1.82) is 0 Å². The van der Waals surface area contributed by atoms with Gasteiger partial charge in [0.15, 0.2) is 6.10 Å². The fourth-order valence-corrected chi connectivity index (χ4v) is 6.64. The largest absolute Gasteiger partial charge is 0.431 e. The van der Waals surface area contributed by atoms with Crippen LogP contribution in [0, 0.1) is 29.6 Å². The van der Waals surface area contributed by atoms with Crippen molar-refractivity contribution < 1.29 is 31.4 Å². The quantitative estimate of drug-likeness (QED) is 0.166. The van der Waals surface area contributed by atoms with Crippen LogP contribution in [0.3, 0.4) is 0 Å². The Hall–Kier alpha value is -1.63. The Balaban J connectivity index is 1.09. The summed E-state index contributed by atoms with van der Waals surface area (Å²) in [6.07, 6.45) is 10.2. The molecule has 0 spiro atoms. The zero-order valence-corrected chi connectivity index (χ0v) is 22.5. The molecule has 0 amide bonds. The highest BCUT2D eigenvalue weighted by atomic mass is 19.4. The molecule has 214 valence electrons. The van der Waals surface area contributed by atoms with E-state index in [0.717, 1.165) is 60.8 Å². The van der Waals surface area contributed by atoms with Gasteiger partial charge < -0.3 is 9.47 Å². The minimum Gasteiger partial charge on any atom is -0.431 e. The molecule has 1 aromatic carbocycles. The number of rotatable bonds is 10. The lowest BCUT2D eigenvalue weighted by Crippen LogP contribution is -2.44. The number of unbranched alkanes of at least 4 members (excludes halogenated alkanes) is 1. The van der Waals surface area contributed by atoms with Gasteiger partial charge in [0.2, 0.25) is 0 Å². The summed E-state index contributed by atoms with van der Waals surface area (Å²) in [5.74, 6) is 3.25. The standard InChI is InChI=1S/C31H43F5O2/c1-2-22-7-12-25(13-8-22)26-14-9-23(10-15-26)5-3-4-6-24-11-20-29(37-21-24)31(35,36)38-28-18-16-27(17-19-28)30(32,33)34/h7,12,16-19,22-26,29H,2-6,8-11,13-15,20-21H2,1H3. The first-order chi connectivity index (χ1) is 18.1. The summed E-state index contributed by atoms with van der Waals surface area (Å²) in [5.41, 5.74) is -0.903. The second-order valence-corrected chi connectivity index (χ2v) is 11.8. The minimum absolute atomic E-state index is 0.178. The van der Waals surface area contributed by atoms with Crippen molar-refractivity contribution in [3.8, 4) is 5.75 Å². The van der Waals surface area contributed by atoms with Gasteiger partial charge in [-0.1, -0.05) is 51.2 Å². The summed E-state index contributed by atoms with van der Waals surface area (Å²) in [6, 6.07) is 3.32. The number of halogens is 5. The van der Waals surface area contributed by atoms with Gasteiger partial charge in [-0.25, -0.2) is 0 Å². The average molecular weight is 543 g/mol. The normalized spacial score (nSPS) is 30.8. The topological polar surface area (TPSA) is 18.5 Å². The third-order valence-corrected chi connectivity index (χ3v) is 9.18. The maximum Gasteiger partial charge on any atom is 0.424 e. The van der Waals surface area contributed by atoms with E-state index in [0.29, 0.717) is 6.42 Å². The van der Waals surface area contributed by atoms with Crippen LogP contribution in [-0.2, 0) is 10.9 Å². The molecule has 4 rings (SSSR count). The highest BCUT2D eigenvalue weighted by Gasteiger charge is 2.45. The van der Waals surface area contributed by atoms with Gasteiger partial charge >= 0.3 is 12.3 Å². The molecule has 1 saturated heterocycles. The Labute approximate surface area is 224 Å². The SMILES string of the molecule is CCC1C=CC(C2CCC(CCCCC3CCC(C(F)(F)Oc4ccc(C(F)(F)F)cc4)OC3)CC2)CC1. The van der Waals surface area contributed by atoms with E-state index < -0.39 is 24.0 Å². The Morgan fingerprint density at radius 2 is 1.45 bits per heavy atom. The molecule has 1 aromatic rings. The molecule has 2 aliphatic carbocycles. The molecular formula is C31H43F5O2. The van der Waals surface area contributed by atoms with Crippen LogP contribution in [0.15, 0.2) is 36.4 Å². The van der Waals surface area contributed by atoms with Crippen LogP contribution < -0.4 is 4.74 Å². The van der Waals surface area contributed by atoms with Crippen LogP contribution in [0.25, 0.3) is 0 Å². The smallest absolute Gasteiger partial charge is 0.424 e. The van der Waals surface area contributed by atoms with E-state index in [4.69, 9.17) is 9.47 Å². The number of ether oxygens (including phenoxy) is 2. The van der Waals surface area contributed by atoms with Gasteiger partial charge in [-0.2, -0.15) is 22.0 Å². The van der Waals surface area contributed by atoms with Crippen LogP contribution in [0.2, 0.25) is 0 Å². The Bertz CT molecular complexity index is 865. The van der Waals surface area contributed by atoms with Crippen molar-refractivity contribution in [2.45, 2.75) is 109 Å². The Kier molecular flexibility index (Phi) is 10.2. The van der Waals surface area contributed by atoms with E-state index in [1.54, 1.807) is 0 Å². The maximum absolute atomic E-state index is 14.6. The van der Waals surface area contributed by atoms with Gasteiger partial charge in [-0.05, 0) is 105 Å². The van der Waals surface area contributed by atoms with Crippen molar-refractivity contribution in [3.63, 3.8) is 0 Å². The molecule has 0 bridgehead atoms. The maximum atomic E-state index is 14.6. The molecule has 3 aliphatic rings. The average Bonchev–Trinajstić information content (AvgIpc) is 2.91. The van der Waals surface area contributed by atoms with Crippen molar-refractivity contribution in [2.24, 2.45) is 29.6 Å². The lowest BCUT2D eigenvalue weighted by molar-refractivity contribution is -0.265. The molecule has 1 saturated carbocycles. The van der Waals surface area contributed by atoms with Crippen molar-refractivity contribution >= 4 is 0 Å². The molecule has 1 heterocycles. The van der Waals surface area contributed by atoms with Crippen molar-refractivity contribution in [1.82, 2.24) is 0 Å². The molecule has 4 unspecified atom stereocenters. The zero-order chi connectivity index (χ0) is 27.2. The van der Waals surface area contributed by atoms with Gasteiger partial charge in [0.25, 0.3) is 0 Å². The summed E-state index contributed by atoms with van der Waals surface area (Å²) >= 11 is 0. The first-order valence-electron chi connectivity index (χ1n) is 14.7. The fourth-order valence-electron chi connectivity index (χ4n) is 6.64. The summed E-state index contributed by atoms with van der Waals surface area (Å²) in [7, 11) is 0. The van der Waals surface area contributed by atoms with Crippen LogP contribution in [0.4, 0.5) is 22.0 Å². The predicted octanol–water partition coefficient (Wildman–Crippen LogP) is 9.83. The van der Waals surface area contributed by atoms with Gasteiger partial charge in [-0.3, -0.25) is 0 Å². The second kappa shape index (κ2) is 13.1. The van der Waals surface area contributed by atoms with Gasteiger partial charge in [0, 0.05) is 0 Å². The van der Waals surface area contributed by atoms with Gasteiger partial charge in [0.1, 0.15) is 5.75 Å². The first-order valence-corrected chi connectivity index (χ1v) is 14.7. The van der Waals surface area contributed by atoms with Crippen LogP contribution >= 0.6 is 0 Å². The third-order valence-electron chi connectivity index (χ3n) is 9.18. The van der Waals surface area contributed by atoms with E-state index in [-0.39, 0.29) is 24.7 Å². The van der Waals surface area contributed by atoms with E-state index in [9.17, 15) is 22.0 Å². The summed E-state index contributed by atoms with van der Waals surface area (Å²) in [5, 5.41) is 0. The molecule has 4 atom stereocenters. The Morgan fingerprint density at radius 3 is 2.00 bits per heavy atom. The van der Waals surface area contributed by atoms with Crippen LogP contribution in [-0.4, -0.2) is 18.8 Å². The lowest BCUT2D eigenvalue weighted by Gasteiger charge is -2.35. The predicted molar refractivity (Wildman–Crippen MR) is 139 cm³/mol. The van der Waals surface area contributed by atoms with Gasteiger partial charge in [-0.15, -0.1) is 0 Å². The zero-order valence-electron chi connectivity index (χ0n) is 22.5. The molecule has 38 heavy (non-hydrogen) atoms. The summed E-state index contributed by atoms with van der Waals surface area (Å²) in [4.78, 5) is 0. The van der Waals surface area contributed by atoms with E-state index in [1.165, 1.54) is 57.8 Å². The molecule has 0 aromatic heterocycles. The van der Waals surface area contributed by atoms with E-state index in [1.807, 2.05) is 0 Å². The molecule has 2 nitrogen and oxygen atoms in total. The van der Waals surface area contributed by atoms with E-state index >= 15 is 0 Å². The number of hydrogen-bond donors (Lipinski definition) is 0. The highest BCUT2D eigenvalue weighted by Crippen LogP contribution is 2.41. The number of alkyl halides is 5. The molecule has 2 fully saturated rings. The van der Waals surface area contributed by atoms with Crippen molar-refractivity contribution in [2.75, 3.05) is 6.61 Å². The number of benzene rings is 1. The van der Waals surface area contributed by atoms with Crippen LogP contribution in [0.5, 0.6) is 5.75 Å². The van der Waals surface area contributed by atoms with E-state index in [2.05, 4.69) is 19.1 Å². The highest BCUT2D eigenvalue weighted by molar-refractivity contribution is 5.29. The molecular weight excluding hydrogens is 499 g/mol. The second-order valence-electron chi connectivity index (χ2n) is 11.8. The Morgan fingerprint density at radius 1 is 0.789 bits per heavy atom. The number of hydrogen-bond acceptors (Lipinski definition) is 2. The molecule has 7 heteroatoms. The lowest BCUT2D eigenvalue weighted by atomic mass is 9.71. The van der Waals surface area contributed by atoms with Crippen molar-refractivity contribution in [3.05, 3.63) is 42.0 Å². The fraction of sp³-hybridized carbons (Fsp3) is 0.742. The summed E-state index contributed by atoms with van der Waals surface area (Å²) in [6.45, 7) is 2.55. The third kappa shape index (κ3) is 8.19. The van der Waals surface area contributed by atoms with Gasteiger partial charge in [0.05, 0.1) is 12.2 Å². The first kappa shape index (κ1) is 29.4. The monoisotopic (exact) mass is 542 g/mol. The minimum atomic E-state index is -4.52.